The van der Waals surface area contributed by atoms with Crippen LogP contribution in [0.25, 0.3) is 10.9 Å². The summed E-state index contributed by atoms with van der Waals surface area (Å²) in [4.78, 5) is 19.0. The van der Waals surface area contributed by atoms with E-state index < -0.39 is 6.04 Å². The van der Waals surface area contributed by atoms with Crippen molar-refractivity contribution in [3.63, 3.8) is 0 Å². The van der Waals surface area contributed by atoms with Gasteiger partial charge in [0.15, 0.2) is 5.82 Å². The number of aromatic nitrogens is 5. The number of furan rings is 1. The van der Waals surface area contributed by atoms with E-state index in [1.807, 2.05) is 35.0 Å². The molecule has 1 saturated carbocycles. The highest BCUT2D eigenvalue weighted by atomic mass is 19.1. The lowest BCUT2D eigenvalue weighted by Gasteiger charge is -2.32. The number of halogens is 1. The van der Waals surface area contributed by atoms with Crippen LogP contribution in [0.3, 0.4) is 0 Å². The summed E-state index contributed by atoms with van der Waals surface area (Å²) in [6.45, 7) is 2.94. The van der Waals surface area contributed by atoms with Gasteiger partial charge in [0.25, 0.3) is 5.56 Å². The fourth-order valence-electron chi connectivity index (χ4n) is 5.83. The molecule has 2 aromatic carbocycles. The highest BCUT2D eigenvalue weighted by molar-refractivity contribution is 5.80. The van der Waals surface area contributed by atoms with Crippen LogP contribution in [0.5, 0.6) is 0 Å². The third-order valence-corrected chi connectivity index (χ3v) is 7.93. The van der Waals surface area contributed by atoms with E-state index in [2.05, 4.69) is 38.4 Å². The summed E-state index contributed by atoms with van der Waals surface area (Å²) in [6, 6.07) is 17.9. The van der Waals surface area contributed by atoms with Crippen LogP contribution in [-0.2, 0) is 19.5 Å². The van der Waals surface area contributed by atoms with Gasteiger partial charge < -0.3 is 9.40 Å². The number of fused-ring (bicyclic) bond motifs is 1. The first-order chi connectivity index (χ1) is 19.6. The molecule has 3 aromatic heterocycles. The number of nitrogens with one attached hydrogen (secondary N) is 1. The third-order valence-electron chi connectivity index (χ3n) is 7.93. The number of H-pyrrole nitrogens is 1. The highest BCUT2D eigenvalue weighted by Crippen LogP contribution is 2.34. The van der Waals surface area contributed by atoms with Crippen LogP contribution in [0.1, 0.15) is 79.4 Å². The van der Waals surface area contributed by atoms with E-state index in [0.29, 0.717) is 24.5 Å². The summed E-state index contributed by atoms with van der Waals surface area (Å²) in [5.74, 6) is 1.07. The first-order valence-corrected chi connectivity index (χ1v) is 14.0. The normalized spacial score (nSPS) is 15.2. The molecule has 1 N–H and O–H groups in total. The Morgan fingerprint density at radius 1 is 1.05 bits per heavy atom. The van der Waals surface area contributed by atoms with Crippen molar-refractivity contribution in [3.8, 4) is 0 Å². The summed E-state index contributed by atoms with van der Waals surface area (Å²) >= 11 is 0. The van der Waals surface area contributed by atoms with Gasteiger partial charge in [0.1, 0.15) is 17.6 Å². The number of nitrogens with zero attached hydrogens (tertiary/aromatic N) is 5. The van der Waals surface area contributed by atoms with Gasteiger partial charge in [0, 0.05) is 17.6 Å². The zero-order valence-electron chi connectivity index (χ0n) is 22.6. The zero-order valence-corrected chi connectivity index (χ0v) is 22.6. The third kappa shape index (κ3) is 5.47. The van der Waals surface area contributed by atoms with E-state index in [9.17, 15) is 9.18 Å². The molecule has 0 unspecified atom stereocenters. The maximum Gasteiger partial charge on any atom is 0.253 e. The standard InChI is InChI=1S/C31H33FN6O2/c1-2-21-12-15-28-23(17-21)18-27(31(39)33-28)29(30-34-35-36-38(30)25-7-4-3-5-8-25)37(20-26-9-6-16-40-26)19-22-10-13-24(32)14-11-22/h6,9-18,25,29H,2-5,7-8,19-20H2,1H3,(H,33,39)/t29-/m0/s1. The molecule has 0 amide bonds. The van der Waals surface area contributed by atoms with Gasteiger partial charge in [-0.3, -0.25) is 9.69 Å². The number of hydrogen-bond donors (Lipinski definition) is 1. The van der Waals surface area contributed by atoms with Crippen molar-refractivity contribution in [2.45, 2.75) is 70.6 Å². The maximum absolute atomic E-state index is 13.8. The number of hydrogen-bond acceptors (Lipinski definition) is 6. The molecule has 0 spiro atoms. The topological polar surface area (TPSA) is 92.8 Å². The SMILES string of the molecule is CCc1ccc2[nH]c(=O)c([C@@H](c3nnnn3C3CCCCC3)N(Cc3ccc(F)cc3)Cc3ccco3)cc2c1. The van der Waals surface area contributed by atoms with Crippen molar-refractivity contribution < 1.29 is 8.81 Å². The second-order valence-corrected chi connectivity index (χ2v) is 10.6. The quantitative estimate of drug-likeness (QED) is 0.243. The molecule has 0 saturated heterocycles. The molecule has 1 atom stereocenters. The van der Waals surface area contributed by atoms with Gasteiger partial charge in [-0.25, -0.2) is 9.07 Å². The van der Waals surface area contributed by atoms with E-state index in [4.69, 9.17) is 4.42 Å². The second-order valence-electron chi connectivity index (χ2n) is 10.6. The lowest BCUT2D eigenvalue weighted by molar-refractivity contribution is 0.173. The Morgan fingerprint density at radius 2 is 1.85 bits per heavy atom. The lowest BCUT2D eigenvalue weighted by atomic mass is 9.95. The van der Waals surface area contributed by atoms with E-state index in [0.717, 1.165) is 54.3 Å². The summed E-state index contributed by atoms with van der Waals surface area (Å²) in [7, 11) is 0. The van der Waals surface area contributed by atoms with Gasteiger partial charge in [-0.15, -0.1) is 5.10 Å². The zero-order chi connectivity index (χ0) is 27.5. The monoisotopic (exact) mass is 540 g/mol. The summed E-state index contributed by atoms with van der Waals surface area (Å²) in [5.41, 5.74) is 3.24. The Hall–Kier alpha value is -4.11. The predicted octanol–water partition coefficient (Wildman–Crippen LogP) is 6.11. The Kier molecular flexibility index (Phi) is 7.55. The van der Waals surface area contributed by atoms with Crippen molar-refractivity contribution in [2.75, 3.05) is 0 Å². The molecule has 206 valence electrons. The van der Waals surface area contributed by atoms with Crippen LogP contribution >= 0.6 is 0 Å². The van der Waals surface area contributed by atoms with Gasteiger partial charge in [0.05, 0.1) is 18.8 Å². The minimum Gasteiger partial charge on any atom is -0.468 e. The average Bonchev–Trinajstić information content (AvgIpc) is 3.68. The van der Waals surface area contributed by atoms with Gasteiger partial charge in [-0.05, 0) is 88.7 Å². The van der Waals surface area contributed by atoms with Gasteiger partial charge in [0.2, 0.25) is 0 Å². The predicted molar refractivity (Wildman–Crippen MR) is 150 cm³/mol. The summed E-state index contributed by atoms with van der Waals surface area (Å²) in [5, 5.41) is 14.1. The minimum atomic E-state index is -0.578. The molecule has 1 aliphatic rings. The van der Waals surface area contributed by atoms with Crippen LogP contribution in [-0.4, -0.2) is 30.1 Å². The van der Waals surface area contributed by atoms with E-state index in [1.165, 1.54) is 24.1 Å². The molecule has 40 heavy (non-hydrogen) atoms. The van der Waals surface area contributed by atoms with Gasteiger partial charge in [-0.1, -0.05) is 44.4 Å². The summed E-state index contributed by atoms with van der Waals surface area (Å²) < 4.78 is 21.5. The van der Waals surface area contributed by atoms with Crippen molar-refractivity contribution in [3.05, 3.63) is 111 Å². The second kappa shape index (κ2) is 11.6. The smallest absolute Gasteiger partial charge is 0.253 e. The number of pyridine rings is 1. The van der Waals surface area contributed by atoms with Gasteiger partial charge in [-0.2, -0.15) is 0 Å². The number of benzene rings is 2. The van der Waals surface area contributed by atoms with Crippen LogP contribution in [0.2, 0.25) is 0 Å². The van der Waals surface area contributed by atoms with Crippen LogP contribution in [0.15, 0.2) is 76.1 Å². The Balaban J connectivity index is 1.53. The fraction of sp³-hybridized carbons (Fsp3) is 0.355. The molecule has 9 heteroatoms. The van der Waals surface area contributed by atoms with E-state index in [1.54, 1.807) is 18.4 Å². The van der Waals surface area contributed by atoms with Gasteiger partial charge >= 0.3 is 0 Å². The average molecular weight is 541 g/mol. The maximum atomic E-state index is 13.8. The van der Waals surface area contributed by atoms with E-state index >= 15 is 0 Å². The Morgan fingerprint density at radius 3 is 2.60 bits per heavy atom. The molecular weight excluding hydrogens is 507 g/mol. The Labute approximate surface area is 231 Å². The molecule has 1 aliphatic carbocycles. The first kappa shape index (κ1) is 26.1. The molecular formula is C31H33FN6O2. The molecule has 6 rings (SSSR count). The number of aromatic amines is 1. The Bertz CT molecular complexity index is 1620. The lowest BCUT2D eigenvalue weighted by Crippen LogP contribution is -2.35. The highest BCUT2D eigenvalue weighted by Gasteiger charge is 2.33. The molecule has 0 bridgehead atoms. The molecule has 0 aliphatic heterocycles. The van der Waals surface area contributed by atoms with Crippen molar-refractivity contribution >= 4 is 10.9 Å². The molecule has 1 fully saturated rings. The first-order valence-electron chi connectivity index (χ1n) is 14.0. The molecule has 8 nitrogen and oxygen atoms in total. The number of rotatable bonds is 9. The summed E-state index contributed by atoms with van der Waals surface area (Å²) in [6.07, 6.45) is 7.97. The van der Waals surface area contributed by atoms with Crippen molar-refractivity contribution in [2.24, 2.45) is 0 Å². The van der Waals surface area contributed by atoms with Crippen LogP contribution in [0.4, 0.5) is 4.39 Å². The minimum absolute atomic E-state index is 0.170. The van der Waals surface area contributed by atoms with Crippen LogP contribution in [0, 0.1) is 5.82 Å². The largest absolute Gasteiger partial charge is 0.468 e. The molecule has 3 heterocycles. The number of tetrazole rings is 1. The number of aryl methyl sites for hydroxylation is 1. The van der Waals surface area contributed by atoms with E-state index in [-0.39, 0.29) is 17.4 Å². The van der Waals surface area contributed by atoms with Crippen LogP contribution < -0.4 is 5.56 Å². The molecule has 5 aromatic rings. The van der Waals surface area contributed by atoms with Crippen molar-refractivity contribution in [1.29, 1.82) is 0 Å². The van der Waals surface area contributed by atoms with Crippen molar-refractivity contribution in [1.82, 2.24) is 30.1 Å². The fourth-order valence-corrected chi connectivity index (χ4v) is 5.83. The molecule has 0 radical (unpaired) electrons.